The Hall–Kier alpha value is -3.39. The average Bonchev–Trinajstić information content (AvgIpc) is 3.16. The molecule has 4 rings (SSSR count). The van der Waals surface area contributed by atoms with Gasteiger partial charge in [-0.1, -0.05) is 30.3 Å². The Morgan fingerprint density at radius 3 is 2.61 bits per heavy atom. The van der Waals surface area contributed by atoms with Crippen molar-refractivity contribution in [3.8, 4) is 0 Å². The molecule has 0 aliphatic carbocycles. The van der Waals surface area contributed by atoms with Crippen molar-refractivity contribution in [1.29, 1.82) is 0 Å². The van der Waals surface area contributed by atoms with E-state index in [0.717, 1.165) is 15.2 Å². The molecule has 0 radical (unpaired) electrons. The molecule has 0 spiro atoms. The lowest BCUT2D eigenvalue weighted by Gasteiger charge is -2.08. The van der Waals surface area contributed by atoms with E-state index < -0.39 is 5.91 Å². The van der Waals surface area contributed by atoms with Gasteiger partial charge in [0.1, 0.15) is 5.01 Å². The molecule has 0 saturated carbocycles. The zero-order valence-electron chi connectivity index (χ0n) is 15.3. The zero-order chi connectivity index (χ0) is 19.7. The van der Waals surface area contributed by atoms with Crippen molar-refractivity contribution < 1.29 is 4.79 Å². The van der Waals surface area contributed by atoms with Crippen LogP contribution in [0.25, 0.3) is 21.0 Å². The van der Waals surface area contributed by atoms with Crippen LogP contribution in [0.15, 0.2) is 58.4 Å². The summed E-state index contributed by atoms with van der Waals surface area (Å²) in [7, 11) is 0. The second-order valence-corrected chi connectivity index (χ2v) is 7.17. The topological polar surface area (TPSA) is 89.2 Å². The molecule has 1 amide bonds. The van der Waals surface area contributed by atoms with Crippen LogP contribution in [-0.4, -0.2) is 26.4 Å². The lowest BCUT2D eigenvalue weighted by Crippen LogP contribution is -2.28. The molecule has 140 valence electrons. The fraction of sp³-hybridized carbons (Fsp3) is 0.150. The van der Waals surface area contributed by atoms with Crippen LogP contribution in [0.2, 0.25) is 0 Å². The molecule has 2 heterocycles. The molecule has 7 nitrogen and oxygen atoms in total. The van der Waals surface area contributed by atoms with Gasteiger partial charge in [-0.05, 0) is 32.0 Å². The van der Waals surface area contributed by atoms with Crippen LogP contribution >= 0.6 is 11.3 Å². The Labute approximate surface area is 164 Å². The fourth-order valence-corrected chi connectivity index (χ4v) is 3.79. The van der Waals surface area contributed by atoms with E-state index in [1.165, 1.54) is 16.0 Å². The number of hydrogen-bond acceptors (Lipinski definition) is 6. The van der Waals surface area contributed by atoms with Gasteiger partial charge in [-0.15, -0.1) is 11.3 Å². The molecule has 0 aliphatic heterocycles. The number of fused-ring (bicyclic) bond motifs is 2. The number of thiazole rings is 1. The van der Waals surface area contributed by atoms with Crippen LogP contribution in [0.1, 0.15) is 29.3 Å². The van der Waals surface area contributed by atoms with E-state index in [9.17, 15) is 9.59 Å². The number of aromatic nitrogens is 3. The van der Waals surface area contributed by atoms with Crippen LogP contribution in [0.5, 0.6) is 0 Å². The van der Waals surface area contributed by atoms with Gasteiger partial charge in [0.15, 0.2) is 5.69 Å². The molecule has 0 bridgehead atoms. The number of aryl methyl sites for hydroxylation is 1. The van der Waals surface area contributed by atoms with E-state index in [-0.39, 0.29) is 11.3 Å². The number of para-hydroxylation sites is 1. The highest BCUT2D eigenvalue weighted by Crippen LogP contribution is 2.22. The van der Waals surface area contributed by atoms with E-state index in [4.69, 9.17) is 0 Å². The molecule has 0 aliphatic rings. The highest BCUT2D eigenvalue weighted by Gasteiger charge is 2.16. The lowest BCUT2D eigenvalue weighted by atomic mass is 10.1. The summed E-state index contributed by atoms with van der Waals surface area (Å²) in [4.78, 5) is 29.7. The third kappa shape index (κ3) is 3.18. The molecule has 0 atom stereocenters. The van der Waals surface area contributed by atoms with Gasteiger partial charge in [-0.25, -0.2) is 15.1 Å². The first-order valence-electron chi connectivity index (χ1n) is 8.79. The molecule has 1 N–H and O–H groups in total. The van der Waals surface area contributed by atoms with Gasteiger partial charge in [-0.3, -0.25) is 9.59 Å². The van der Waals surface area contributed by atoms with Crippen molar-refractivity contribution in [1.82, 2.24) is 20.2 Å². The molecular formula is C20H17N5O2S. The number of nitrogens with zero attached hydrogens (tertiary/aromatic N) is 4. The first kappa shape index (κ1) is 18.0. The molecule has 28 heavy (non-hydrogen) atoms. The maximum Gasteiger partial charge on any atom is 0.292 e. The monoisotopic (exact) mass is 391 g/mol. The summed E-state index contributed by atoms with van der Waals surface area (Å²) in [5.41, 5.74) is 3.98. The Bertz CT molecular complexity index is 1260. The Balaban J connectivity index is 1.67. The van der Waals surface area contributed by atoms with Crippen molar-refractivity contribution in [3.05, 3.63) is 69.6 Å². The van der Waals surface area contributed by atoms with E-state index in [2.05, 4.69) is 20.6 Å². The first-order chi connectivity index (χ1) is 13.6. The number of rotatable bonds is 4. The summed E-state index contributed by atoms with van der Waals surface area (Å²) < 4.78 is 2.34. The predicted molar refractivity (Wildman–Crippen MR) is 111 cm³/mol. The molecule has 0 unspecified atom stereocenters. The lowest BCUT2D eigenvalue weighted by molar-refractivity contribution is 0.0949. The SMILES string of the molecule is CCn1nc(C(=O)N/N=C(/C)c2nc3ccccc3s2)c2ccccc2c1=O. The Morgan fingerprint density at radius 2 is 1.86 bits per heavy atom. The molecule has 2 aromatic carbocycles. The van der Waals surface area contributed by atoms with E-state index >= 15 is 0 Å². The minimum atomic E-state index is -0.473. The van der Waals surface area contributed by atoms with Gasteiger partial charge in [0.25, 0.3) is 11.5 Å². The molecule has 0 saturated heterocycles. The molecular weight excluding hydrogens is 374 g/mol. The second kappa shape index (κ2) is 7.32. The number of carbonyl (C=O) groups excluding carboxylic acids is 1. The van der Waals surface area contributed by atoms with Gasteiger partial charge in [0, 0.05) is 11.9 Å². The van der Waals surface area contributed by atoms with Crippen molar-refractivity contribution in [3.63, 3.8) is 0 Å². The quantitative estimate of drug-likeness (QED) is 0.427. The van der Waals surface area contributed by atoms with Gasteiger partial charge in [-0.2, -0.15) is 10.2 Å². The standard InChI is InChI=1S/C20H17N5O2S/c1-3-25-20(27)14-9-5-4-8-13(14)17(24-25)18(26)23-22-12(2)19-21-15-10-6-7-11-16(15)28-19/h4-11H,3H2,1-2H3,(H,23,26)/b22-12-. The minimum Gasteiger partial charge on any atom is -0.267 e. The van der Waals surface area contributed by atoms with E-state index in [1.54, 1.807) is 38.1 Å². The maximum absolute atomic E-state index is 12.7. The third-order valence-corrected chi connectivity index (χ3v) is 5.46. The summed E-state index contributed by atoms with van der Waals surface area (Å²) >= 11 is 1.51. The Morgan fingerprint density at radius 1 is 1.14 bits per heavy atom. The smallest absolute Gasteiger partial charge is 0.267 e. The van der Waals surface area contributed by atoms with Crippen molar-refractivity contribution in [2.24, 2.45) is 5.10 Å². The Kier molecular flexibility index (Phi) is 4.70. The van der Waals surface area contributed by atoms with Crippen LogP contribution < -0.4 is 11.0 Å². The minimum absolute atomic E-state index is 0.165. The summed E-state index contributed by atoms with van der Waals surface area (Å²) in [5.74, 6) is -0.473. The summed E-state index contributed by atoms with van der Waals surface area (Å²) in [6, 6.07) is 14.8. The summed E-state index contributed by atoms with van der Waals surface area (Å²) in [5, 5.41) is 10.1. The number of hydrazone groups is 1. The zero-order valence-corrected chi connectivity index (χ0v) is 16.2. The molecule has 4 aromatic rings. The number of amides is 1. The molecule has 2 aromatic heterocycles. The van der Waals surface area contributed by atoms with Gasteiger partial charge < -0.3 is 0 Å². The summed E-state index contributed by atoms with van der Waals surface area (Å²) in [6.07, 6.45) is 0. The van der Waals surface area contributed by atoms with Crippen LogP contribution in [0, 0.1) is 0 Å². The van der Waals surface area contributed by atoms with Crippen molar-refractivity contribution >= 4 is 43.9 Å². The van der Waals surface area contributed by atoms with Gasteiger partial charge in [0.2, 0.25) is 0 Å². The first-order valence-corrected chi connectivity index (χ1v) is 9.60. The average molecular weight is 391 g/mol. The number of benzene rings is 2. The van der Waals surface area contributed by atoms with Gasteiger partial charge in [0.05, 0.1) is 21.3 Å². The highest BCUT2D eigenvalue weighted by molar-refractivity contribution is 7.20. The van der Waals surface area contributed by atoms with Crippen molar-refractivity contribution in [2.45, 2.75) is 20.4 Å². The number of carbonyl (C=O) groups is 1. The third-order valence-electron chi connectivity index (χ3n) is 4.31. The van der Waals surface area contributed by atoms with Crippen LogP contribution in [0.3, 0.4) is 0 Å². The number of hydrogen-bond donors (Lipinski definition) is 1. The fourth-order valence-electron chi connectivity index (χ4n) is 2.88. The largest absolute Gasteiger partial charge is 0.292 e. The molecule has 0 fully saturated rings. The van der Waals surface area contributed by atoms with Gasteiger partial charge >= 0.3 is 0 Å². The number of nitrogens with one attached hydrogen (secondary N) is 1. The van der Waals surface area contributed by atoms with Crippen LogP contribution in [0.4, 0.5) is 0 Å². The molecule has 8 heteroatoms. The summed E-state index contributed by atoms with van der Waals surface area (Å²) in [6.45, 7) is 3.97. The normalized spacial score (nSPS) is 11.9. The van der Waals surface area contributed by atoms with Crippen molar-refractivity contribution in [2.75, 3.05) is 0 Å². The van der Waals surface area contributed by atoms with E-state index in [1.807, 2.05) is 24.3 Å². The van der Waals surface area contributed by atoms with E-state index in [0.29, 0.717) is 23.0 Å². The maximum atomic E-state index is 12.7. The van der Waals surface area contributed by atoms with Crippen LogP contribution in [-0.2, 0) is 6.54 Å². The second-order valence-electron chi connectivity index (χ2n) is 6.14. The predicted octanol–water partition coefficient (Wildman–Crippen LogP) is 3.18. The highest BCUT2D eigenvalue weighted by atomic mass is 32.1.